The second-order valence-electron chi connectivity index (χ2n) is 6.78. The minimum atomic E-state index is -0.289. The molecule has 2 aromatic carbocycles. The number of carbonyl (C=O) groups is 2. The highest BCUT2D eigenvalue weighted by Gasteiger charge is 2.19. The summed E-state index contributed by atoms with van der Waals surface area (Å²) < 4.78 is 5.57. The van der Waals surface area contributed by atoms with Crippen LogP contribution in [0.4, 0.5) is 5.69 Å². The van der Waals surface area contributed by atoms with E-state index in [4.69, 9.17) is 4.42 Å². The van der Waals surface area contributed by atoms with Crippen molar-refractivity contribution >= 4 is 46.4 Å². The van der Waals surface area contributed by atoms with E-state index in [1.807, 2.05) is 53.9 Å². The average Bonchev–Trinajstić information content (AvgIpc) is 3.17. The van der Waals surface area contributed by atoms with Crippen molar-refractivity contribution in [1.29, 1.82) is 0 Å². The van der Waals surface area contributed by atoms with Gasteiger partial charge in [-0.05, 0) is 42.8 Å². The van der Waals surface area contributed by atoms with E-state index in [1.54, 1.807) is 12.1 Å². The summed E-state index contributed by atoms with van der Waals surface area (Å²) in [6.45, 7) is 3.44. The number of benzene rings is 2. The van der Waals surface area contributed by atoms with Gasteiger partial charge in [-0.25, -0.2) is 4.98 Å². The van der Waals surface area contributed by atoms with Gasteiger partial charge in [0.15, 0.2) is 5.58 Å². The van der Waals surface area contributed by atoms with Crippen LogP contribution in [0, 0.1) is 6.92 Å². The molecule has 0 aliphatic carbocycles. The van der Waals surface area contributed by atoms with Crippen LogP contribution in [0.2, 0.25) is 0 Å². The van der Waals surface area contributed by atoms with Gasteiger partial charge in [0, 0.05) is 48.0 Å². The van der Waals surface area contributed by atoms with Crippen LogP contribution in [0.15, 0.2) is 53.0 Å². The molecule has 0 spiro atoms. The second kappa shape index (κ2) is 8.53. The van der Waals surface area contributed by atoms with Crippen LogP contribution >= 0.6 is 11.8 Å². The minimum absolute atomic E-state index is 0.0436. The summed E-state index contributed by atoms with van der Waals surface area (Å²) >= 11 is 1.87. The molecular formula is C22H21N3O3S. The van der Waals surface area contributed by atoms with Crippen LogP contribution in [0.3, 0.4) is 0 Å². The van der Waals surface area contributed by atoms with E-state index in [2.05, 4.69) is 10.3 Å². The zero-order valence-electron chi connectivity index (χ0n) is 16.1. The molecule has 3 aromatic rings. The van der Waals surface area contributed by atoms with Gasteiger partial charge in [0.2, 0.25) is 11.8 Å². The molecule has 2 amide bonds. The summed E-state index contributed by atoms with van der Waals surface area (Å²) in [5, 5.41) is 2.84. The maximum absolute atomic E-state index is 12.6. The number of rotatable bonds is 4. The number of nitrogens with zero attached hydrogens (tertiary/aromatic N) is 2. The summed E-state index contributed by atoms with van der Waals surface area (Å²) in [4.78, 5) is 31.1. The number of aromatic nitrogens is 1. The van der Waals surface area contributed by atoms with E-state index in [0.29, 0.717) is 22.7 Å². The molecule has 1 aliphatic heterocycles. The van der Waals surface area contributed by atoms with Crippen molar-refractivity contribution < 1.29 is 14.0 Å². The molecule has 0 bridgehead atoms. The monoisotopic (exact) mass is 407 g/mol. The van der Waals surface area contributed by atoms with E-state index in [1.165, 1.54) is 12.2 Å². The van der Waals surface area contributed by atoms with Gasteiger partial charge in [-0.15, -0.1) is 0 Å². The number of fused-ring (bicyclic) bond motifs is 1. The van der Waals surface area contributed by atoms with E-state index in [0.717, 1.165) is 35.7 Å². The molecule has 1 aliphatic rings. The highest BCUT2D eigenvalue weighted by atomic mass is 32.2. The molecule has 1 aromatic heterocycles. The van der Waals surface area contributed by atoms with E-state index < -0.39 is 0 Å². The number of hydrogen-bond acceptors (Lipinski definition) is 5. The fourth-order valence-electron chi connectivity index (χ4n) is 3.17. The number of para-hydroxylation sites is 2. The molecule has 4 rings (SSSR count). The lowest BCUT2D eigenvalue weighted by molar-refractivity contribution is -0.111. The Balaban J connectivity index is 1.41. The number of carbonyl (C=O) groups excluding carboxylic acids is 2. The fourth-order valence-corrected chi connectivity index (χ4v) is 4.07. The number of nitrogens with one attached hydrogen (secondary N) is 1. The van der Waals surface area contributed by atoms with Crippen LogP contribution in [0.25, 0.3) is 17.2 Å². The van der Waals surface area contributed by atoms with E-state index >= 15 is 0 Å². The van der Waals surface area contributed by atoms with Crippen molar-refractivity contribution in [3.8, 4) is 0 Å². The third kappa shape index (κ3) is 4.51. The van der Waals surface area contributed by atoms with E-state index in [9.17, 15) is 9.59 Å². The number of aryl methyl sites for hydroxylation is 1. The average molecular weight is 407 g/mol. The lowest BCUT2D eigenvalue weighted by atomic mass is 10.1. The number of hydrogen-bond donors (Lipinski definition) is 1. The smallest absolute Gasteiger partial charge is 0.253 e. The van der Waals surface area contributed by atoms with Crippen molar-refractivity contribution in [1.82, 2.24) is 9.88 Å². The Morgan fingerprint density at radius 1 is 1.17 bits per heavy atom. The fraction of sp³-hybridized carbons (Fsp3) is 0.227. The summed E-state index contributed by atoms with van der Waals surface area (Å²) in [7, 11) is 0. The molecule has 1 N–H and O–H groups in total. The molecular weight excluding hydrogens is 386 g/mol. The normalized spacial score (nSPS) is 14.4. The Morgan fingerprint density at radius 2 is 1.97 bits per heavy atom. The molecule has 1 saturated heterocycles. The maximum Gasteiger partial charge on any atom is 0.253 e. The summed E-state index contributed by atoms with van der Waals surface area (Å²) in [5.41, 5.74) is 3.58. The number of anilines is 1. The number of oxazole rings is 1. The third-order valence-electron chi connectivity index (χ3n) is 4.72. The van der Waals surface area contributed by atoms with Crippen LogP contribution in [-0.2, 0) is 4.79 Å². The van der Waals surface area contributed by atoms with Gasteiger partial charge in [0.05, 0.1) is 0 Å². The van der Waals surface area contributed by atoms with Gasteiger partial charge in [-0.2, -0.15) is 11.8 Å². The lowest BCUT2D eigenvalue weighted by Gasteiger charge is -2.26. The predicted octanol–water partition coefficient (Wildman–Crippen LogP) is 3.98. The first-order valence-corrected chi connectivity index (χ1v) is 10.6. The molecule has 1 fully saturated rings. The highest BCUT2D eigenvalue weighted by molar-refractivity contribution is 7.99. The van der Waals surface area contributed by atoms with Crippen molar-refractivity contribution in [3.63, 3.8) is 0 Å². The SMILES string of the molecule is Cc1cc(C(=O)N2CCSCC2)ccc1NC(=O)C=Cc1nc2ccccc2o1. The molecule has 0 saturated carbocycles. The third-order valence-corrected chi connectivity index (χ3v) is 5.66. The van der Waals surface area contributed by atoms with Crippen LogP contribution in [-0.4, -0.2) is 46.3 Å². The van der Waals surface area contributed by atoms with E-state index in [-0.39, 0.29) is 11.8 Å². The van der Waals surface area contributed by atoms with Gasteiger partial charge in [-0.3, -0.25) is 9.59 Å². The molecule has 29 heavy (non-hydrogen) atoms. The van der Waals surface area contributed by atoms with Crippen molar-refractivity contribution in [3.05, 3.63) is 65.6 Å². The van der Waals surface area contributed by atoms with Crippen LogP contribution in [0.1, 0.15) is 21.8 Å². The van der Waals surface area contributed by atoms with Crippen molar-refractivity contribution in [2.24, 2.45) is 0 Å². The maximum atomic E-state index is 12.6. The first kappa shape index (κ1) is 19.3. The van der Waals surface area contributed by atoms with Crippen molar-refractivity contribution in [2.75, 3.05) is 29.9 Å². The number of thioether (sulfide) groups is 1. The molecule has 2 heterocycles. The largest absolute Gasteiger partial charge is 0.437 e. The zero-order valence-corrected chi connectivity index (χ0v) is 16.9. The van der Waals surface area contributed by atoms with Crippen LogP contribution < -0.4 is 5.32 Å². The zero-order chi connectivity index (χ0) is 20.2. The van der Waals surface area contributed by atoms with Crippen molar-refractivity contribution in [2.45, 2.75) is 6.92 Å². The standard InChI is InChI=1S/C22H21N3O3S/c1-15-14-16(22(27)25-10-12-29-13-11-25)6-7-17(15)23-20(26)8-9-21-24-18-4-2-3-5-19(18)28-21/h2-9,14H,10-13H2,1H3,(H,23,26). The van der Waals surface area contributed by atoms with Gasteiger partial charge in [-0.1, -0.05) is 12.1 Å². The molecule has 0 unspecified atom stereocenters. The summed E-state index contributed by atoms with van der Waals surface area (Å²) in [6.07, 6.45) is 2.92. The molecule has 7 heteroatoms. The molecule has 0 atom stereocenters. The predicted molar refractivity (Wildman–Crippen MR) is 116 cm³/mol. The Kier molecular flexibility index (Phi) is 5.67. The Labute approximate surface area is 173 Å². The quantitative estimate of drug-likeness (QED) is 0.662. The topological polar surface area (TPSA) is 75.4 Å². The second-order valence-corrected chi connectivity index (χ2v) is 8.00. The van der Waals surface area contributed by atoms with Gasteiger partial charge in [0.1, 0.15) is 5.52 Å². The van der Waals surface area contributed by atoms with Gasteiger partial charge < -0.3 is 14.6 Å². The van der Waals surface area contributed by atoms with Crippen LogP contribution in [0.5, 0.6) is 0 Å². The Morgan fingerprint density at radius 3 is 2.72 bits per heavy atom. The Hall–Kier alpha value is -3.06. The first-order chi connectivity index (χ1) is 14.1. The Bertz CT molecular complexity index is 1050. The molecule has 0 radical (unpaired) electrons. The van der Waals surface area contributed by atoms with Gasteiger partial charge in [0.25, 0.3) is 5.91 Å². The minimum Gasteiger partial charge on any atom is -0.437 e. The molecule has 148 valence electrons. The number of amides is 2. The lowest BCUT2D eigenvalue weighted by Crippen LogP contribution is -2.37. The first-order valence-electron chi connectivity index (χ1n) is 9.42. The summed E-state index contributed by atoms with van der Waals surface area (Å²) in [5.74, 6) is 2.08. The summed E-state index contributed by atoms with van der Waals surface area (Å²) in [6, 6.07) is 12.8. The molecule has 6 nitrogen and oxygen atoms in total. The highest BCUT2D eigenvalue weighted by Crippen LogP contribution is 2.20. The van der Waals surface area contributed by atoms with Gasteiger partial charge >= 0.3 is 0 Å².